The maximum atomic E-state index is 11.5. The second kappa shape index (κ2) is 11.2. The van der Waals surface area contributed by atoms with Gasteiger partial charge in [-0.15, -0.1) is 0 Å². The summed E-state index contributed by atoms with van der Waals surface area (Å²) in [7, 11) is 0. The van der Waals surface area contributed by atoms with Crippen molar-refractivity contribution in [1.82, 2.24) is 21.5 Å². The average molecular weight is 388 g/mol. The molecule has 0 bridgehead atoms. The SMILES string of the molecule is CC(C)NC(=O)C(=O)N/N=C\c1ccc(/C=N\NC(=O)C(=O)NC(C)C)cc1. The molecule has 0 aliphatic heterocycles. The molecule has 0 unspecified atom stereocenters. The predicted molar refractivity (Wildman–Crippen MR) is 104 cm³/mol. The van der Waals surface area contributed by atoms with Crippen LogP contribution in [-0.4, -0.2) is 48.1 Å². The molecule has 0 saturated carbocycles. The van der Waals surface area contributed by atoms with Gasteiger partial charge in [-0.2, -0.15) is 10.2 Å². The monoisotopic (exact) mass is 388 g/mol. The van der Waals surface area contributed by atoms with E-state index in [2.05, 4.69) is 31.7 Å². The van der Waals surface area contributed by atoms with E-state index in [1.165, 1.54) is 12.4 Å². The molecule has 10 nitrogen and oxygen atoms in total. The lowest BCUT2D eigenvalue weighted by Gasteiger charge is -2.06. The van der Waals surface area contributed by atoms with Crippen LogP contribution < -0.4 is 21.5 Å². The minimum Gasteiger partial charge on any atom is -0.346 e. The first-order valence-corrected chi connectivity index (χ1v) is 8.57. The molecule has 0 heterocycles. The average Bonchev–Trinajstić information content (AvgIpc) is 2.61. The standard InChI is InChI=1S/C18H24N6O4/c1-11(2)21-15(25)17(27)23-19-9-13-5-7-14(8-6-13)10-20-24-18(28)16(26)22-12(3)4/h5-12H,1-4H3,(H,21,25)(H,22,26)(H,23,27)(H,24,28)/b19-9-,20-10-. The molecular formula is C18H24N6O4. The molecule has 0 aliphatic rings. The first-order chi connectivity index (χ1) is 13.2. The summed E-state index contributed by atoms with van der Waals surface area (Å²) in [4.78, 5) is 45.8. The van der Waals surface area contributed by atoms with Gasteiger partial charge in [0.05, 0.1) is 12.4 Å². The Hall–Kier alpha value is -3.56. The molecule has 1 aromatic carbocycles. The van der Waals surface area contributed by atoms with Crippen LogP contribution in [0.25, 0.3) is 0 Å². The number of rotatable bonds is 6. The van der Waals surface area contributed by atoms with Crippen molar-refractivity contribution in [3.8, 4) is 0 Å². The number of nitrogens with zero attached hydrogens (tertiary/aromatic N) is 2. The fraction of sp³-hybridized carbons (Fsp3) is 0.333. The number of carbonyl (C=O) groups is 4. The molecule has 0 fully saturated rings. The minimum atomic E-state index is -0.856. The second-order valence-electron chi connectivity index (χ2n) is 6.32. The minimum absolute atomic E-state index is 0.147. The van der Waals surface area contributed by atoms with Crippen LogP contribution in [0.1, 0.15) is 38.8 Å². The molecule has 1 rings (SSSR count). The van der Waals surface area contributed by atoms with Crippen molar-refractivity contribution in [1.29, 1.82) is 0 Å². The van der Waals surface area contributed by atoms with Crippen LogP contribution in [0.3, 0.4) is 0 Å². The third-order valence-electron chi connectivity index (χ3n) is 2.95. The highest BCUT2D eigenvalue weighted by Crippen LogP contribution is 2.00. The lowest BCUT2D eigenvalue weighted by atomic mass is 10.2. The largest absolute Gasteiger partial charge is 0.346 e. The quantitative estimate of drug-likeness (QED) is 0.300. The van der Waals surface area contributed by atoms with Gasteiger partial charge in [-0.25, -0.2) is 10.9 Å². The highest BCUT2D eigenvalue weighted by Gasteiger charge is 2.13. The van der Waals surface area contributed by atoms with E-state index < -0.39 is 23.6 Å². The summed E-state index contributed by atoms with van der Waals surface area (Å²) >= 11 is 0. The number of hydrazone groups is 2. The molecule has 0 saturated heterocycles. The van der Waals surface area contributed by atoms with E-state index in [4.69, 9.17) is 0 Å². The molecule has 0 spiro atoms. The van der Waals surface area contributed by atoms with Gasteiger partial charge in [-0.1, -0.05) is 24.3 Å². The zero-order valence-corrected chi connectivity index (χ0v) is 16.1. The van der Waals surface area contributed by atoms with Crippen LogP contribution in [0.5, 0.6) is 0 Å². The normalized spacial score (nSPS) is 11.1. The highest BCUT2D eigenvalue weighted by atomic mass is 16.2. The van der Waals surface area contributed by atoms with Crippen molar-refractivity contribution >= 4 is 36.1 Å². The van der Waals surface area contributed by atoms with Crippen molar-refractivity contribution in [2.45, 2.75) is 39.8 Å². The van der Waals surface area contributed by atoms with Crippen molar-refractivity contribution in [3.63, 3.8) is 0 Å². The molecule has 4 N–H and O–H groups in total. The summed E-state index contributed by atoms with van der Waals surface area (Å²) in [6, 6.07) is 6.48. The smallest absolute Gasteiger partial charge is 0.329 e. The Bertz CT molecular complexity index is 704. The zero-order valence-electron chi connectivity index (χ0n) is 16.1. The third kappa shape index (κ3) is 8.70. The Balaban J connectivity index is 2.50. The Morgan fingerprint density at radius 2 is 1.00 bits per heavy atom. The second-order valence-corrected chi connectivity index (χ2v) is 6.32. The van der Waals surface area contributed by atoms with E-state index >= 15 is 0 Å². The maximum absolute atomic E-state index is 11.5. The highest BCUT2D eigenvalue weighted by molar-refractivity contribution is 6.35. The number of amides is 4. The predicted octanol–water partition coefficient (Wildman–Crippen LogP) is -0.364. The summed E-state index contributed by atoms with van der Waals surface area (Å²) in [5, 5.41) is 12.3. The Kier molecular flexibility index (Phi) is 9.01. The summed E-state index contributed by atoms with van der Waals surface area (Å²) in [6.45, 7) is 6.96. The van der Waals surface area contributed by atoms with E-state index in [1.54, 1.807) is 52.0 Å². The lowest BCUT2D eigenvalue weighted by Crippen LogP contribution is -2.41. The maximum Gasteiger partial charge on any atom is 0.329 e. The van der Waals surface area contributed by atoms with Crippen LogP contribution in [0.15, 0.2) is 34.5 Å². The number of nitrogens with one attached hydrogen (secondary N) is 4. The van der Waals surface area contributed by atoms with E-state index in [1.807, 2.05) is 0 Å². The zero-order chi connectivity index (χ0) is 21.1. The van der Waals surface area contributed by atoms with Crippen LogP contribution in [0.2, 0.25) is 0 Å². The van der Waals surface area contributed by atoms with Crippen molar-refractivity contribution in [2.24, 2.45) is 10.2 Å². The first-order valence-electron chi connectivity index (χ1n) is 8.57. The van der Waals surface area contributed by atoms with Gasteiger partial charge >= 0.3 is 23.6 Å². The topological polar surface area (TPSA) is 141 Å². The first kappa shape index (κ1) is 22.5. The molecule has 0 aromatic heterocycles. The summed E-state index contributed by atoms with van der Waals surface area (Å²) in [6.07, 6.45) is 2.75. The Morgan fingerprint density at radius 3 is 1.29 bits per heavy atom. The van der Waals surface area contributed by atoms with Gasteiger partial charge in [0.2, 0.25) is 0 Å². The third-order valence-corrected chi connectivity index (χ3v) is 2.95. The lowest BCUT2D eigenvalue weighted by molar-refractivity contribution is -0.139. The van der Waals surface area contributed by atoms with Gasteiger partial charge in [0.1, 0.15) is 0 Å². The van der Waals surface area contributed by atoms with Crippen molar-refractivity contribution in [2.75, 3.05) is 0 Å². The van der Waals surface area contributed by atoms with E-state index in [0.717, 1.165) is 0 Å². The van der Waals surface area contributed by atoms with Gasteiger partial charge in [0, 0.05) is 12.1 Å². The molecule has 28 heavy (non-hydrogen) atoms. The number of carbonyl (C=O) groups excluding carboxylic acids is 4. The van der Waals surface area contributed by atoms with E-state index in [0.29, 0.717) is 11.1 Å². The van der Waals surface area contributed by atoms with Gasteiger partial charge in [0.15, 0.2) is 0 Å². The molecule has 4 amide bonds. The molecular weight excluding hydrogens is 364 g/mol. The van der Waals surface area contributed by atoms with Gasteiger partial charge in [0.25, 0.3) is 0 Å². The van der Waals surface area contributed by atoms with Crippen LogP contribution >= 0.6 is 0 Å². The van der Waals surface area contributed by atoms with Crippen molar-refractivity contribution in [3.05, 3.63) is 35.4 Å². The molecule has 0 aliphatic carbocycles. The number of benzene rings is 1. The molecule has 10 heteroatoms. The number of hydrogen-bond acceptors (Lipinski definition) is 6. The number of hydrogen-bond donors (Lipinski definition) is 4. The van der Waals surface area contributed by atoms with E-state index in [9.17, 15) is 19.2 Å². The van der Waals surface area contributed by atoms with E-state index in [-0.39, 0.29) is 12.1 Å². The van der Waals surface area contributed by atoms with Crippen LogP contribution in [0, 0.1) is 0 Å². The van der Waals surface area contributed by atoms with Crippen LogP contribution in [-0.2, 0) is 19.2 Å². The fourth-order valence-electron chi connectivity index (χ4n) is 1.76. The summed E-state index contributed by atoms with van der Waals surface area (Å²) in [5.74, 6) is -3.23. The summed E-state index contributed by atoms with van der Waals surface area (Å²) < 4.78 is 0. The fourth-order valence-corrected chi connectivity index (χ4v) is 1.76. The molecule has 150 valence electrons. The molecule has 0 radical (unpaired) electrons. The van der Waals surface area contributed by atoms with Gasteiger partial charge in [-0.05, 0) is 38.8 Å². The Labute approximate surface area is 162 Å². The Morgan fingerprint density at radius 1 is 0.679 bits per heavy atom. The molecule has 0 atom stereocenters. The summed E-state index contributed by atoms with van der Waals surface area (Å²) in [5.41, 5.74) is 5.59. The molecule has 1 aromatic rings. The van der Waals surface area contributed by atoms with Crippen molar-refractivity contribution < 1.29 is 19.2 Å². The van der Waals surface area contributed by atoms with Crippen LogP contribution in [0.4, 0.5) is 0 Å². The van der Waals surface area contributed by atoms with Gasteiger partial charge in [-0.3, -0.25) is 19.2 Å². The van der Waals surface area contributed by atoms with Gasteiger partial charge < -0.3 is 10.6 Å².